The smallest absolute Gasteiger partial charge is 0.252 e. The number of anilines is 1. The summed E-state index contributed by atoms with van der Waals surface area (Å²) < 4.78 is 0. The zero-order chi connectivity index (χ0) is 11.3. The summed E-state index contributed by atoms with van der Waals surface area (Å²) in [6, 6.07) is 9.39. The van der Waals surface area contributed by atoms with Crippen LogP contribution in [0.1, 0.15) is 6.92 Å². The normalized spacial score (nSPS) is 9.13. The van der Waals surface area contributed by atoms with Crippen LogP contribution in [0.15, 0.2) is 42.5 Å². The molecule has 0 atom stereocenters. The number of carbonyl (C=O) groups is 1. The predicted molar refractivity (Wildman–Crippen MR) is 65.6 cm³/mol. The fourth-order valence-corrected chi connectivity index (χ4v) is 1.10. The number of nitrogens with one attached hydrogen (secondary N) is 2. The highest BCUT2D eigenvalue weighted by atomic mass is 32.1. The van der Waals surface area contributed by atoms with E-state index in [2.05, 4.69) is 17.2 Å². The Hall–Kier alpha value is -1.68. The molecule has 0 aliphatic rings. The lowest BCUT2D eigenvalue weighted by atomic mass is 10.3. The van der Waals surface area contributed by atoms with Crippen molar-refractivity contribution in [2.45, 2.75) is 6.92 Å². The first-order chi connectivity index (χ1) is 7.09. The summed E-state index contributed by atoms with van der Waals surface area (Å²) in [7, 11) is 0. The van der Waals surface area contributed by atoms with Crippen molar-refractivity contribution in [1.29, 1.82) is 0 Å². The van der Waals surface area contributed by atoms with Gasteiger partial charge in [0.2, 0.25) is 0 Å². The average Bonchev–Trinajstić information content (AvgIpc) is 2.18. The van der Waals surface area contributed by atoms with E-state index in [1.165, 1.54) is 0 Å². The van der Waals surface area contributed by atoms with E-state index in [1.807, 2.05) is 30.3 Å². The van der Waals surface area contributed by atoms with E-state index in [0.717, 1.165) is 5.69 Å². The molecule has 0 bridgehead atoms. The molecule has 0 aliphatic carbocycles. The van der Waals surface area contributed by atoms with Gasteiger partial charge in [-0.15, -0.1) is 0 Å². The van der Waals surface area contributed by atoms with Crippen molar-refractivity contribution in [1.82, 2.24) is 5.32 Å². The van der Waals surface area contributed by atoms with Gasteiger partial charge in [-0.1, -0.05) is 24.8 Å². The van der Waals surface area contributed by atoms with E-state index in [4.69, 9.17) is 12.2 Å². The molecule has 0 spiro atoms. The zero-order valence-electron chi connectivity index (χ0n) is 8.41. The lowest BCUT2D eigenvalue weighted by molar-refractivity contribution is -0.116. The molecule has 15 heavy (non-hydrogen) atoms. The van der Waals surface area contributed by atoms with Crippen molar-refractivity contribution in [3.8, 4) is 0 Å². The summed E-state index contributed by atoms with van der Waals surface area (Å²) in [4.78, 5) is 11.2. The maximum Gasteiger partial charge on any atom is 0.252 e. The van der Waals surface area contributed by atoms with Crippen LogP contribution in [0.3, 0.4) is 0 Å². The predicted octanol–water partition coefficient (Wildman–Crippen LogP) is 2.08. The molecular formula is C11H12N2OS. The fraction of sp³-hybridized carbons (Fsp3) is 0.0909. The number of para-hydroxylation sites is 1. The van der Waals surface area contributed by atoms with Crippen molar-refractivity contribution in [2.24, 2.45) is 0 Å². The standard InChI is InChI=1S/C11H12N2OS/c1-8(2)10(14)13-11(15)12-9-6-4-3-5-7-9/h3-7H,1H2,2H3,(H2,12,13,14,15). The minimum Gasteiger partial charge on any atom is -0.332 e. The average molecular weight is 220 g/mol. The summed E-state index contributed by atoms with van der Waals surface area (Å²) in [5.41, 5.74) is 1.26. The van der Waals surface area contributed by atoms with E-state index in [9.17, 15) is 4.79 Å². The van der Waals surface area contributed by atoms with Crippen LogP contribution in [-0.4, -0.2) is 11.0 Å². The largest absolute Gasteiger partial charge is 0.332 e. The second-order valence-electron chi connectivity index (χ2n) is 3.05. The van der Waals surface area contributed by atoms with Gasteiger partial charge in [0.1, 0.15) is 0 Å². The first-order valence-electron chi connectivity index (χ1n) is 4.42. The molecule has 0 aliphatic heterocycles. The Kier molecular flexibility index (Phi) is 4.00. The van der Waals surface area contributed by atoms with Crippen LogP contribution >= 0.6 is 12.2 Å². The van der Waals surface area contributed by atoms with Crippen LogP contribution in [-0.2, 0) is 4.79 Å². The molecule has 0 heterocycles. The molecule has 0 unspecified atom stereocenters. The second kappa shape index (κ2) is 5.26. The van der Waals surface area contributed by atoms with E-state index >= 15 is 0 Å². The second-order valence-corrected chi connectivity index (χ2v) is 3.46. The quantitative estimate of drug-likeness (QED) is 0.592. The van der Waals surface area contributed by atoms with Crippen molar-refractivity contribution in [3.05, 3.63) is 42.5 Å². The number of hydrogen-bond acceptors (Lipinski definition) is 2. The molecule has 2 N–H and O–H groups in total. The summed E-state index contributed by atoms with van der Waals surface area (Å²) in [5, 5.41) is 5.67. The van der Waals surface area contributed by atoms with Crippen LogP contribution in [0.4, 0.5) is 5.69 Å². The van der Waals surface area contributed by atoms with Crippen molar-refractivity contribution in [3.63, 3.8) is 0 Å². The number of amides is 1. The Labute approximate surface area is 94.2 Å². The van der Waals surface area contributed by atoms with E-state index < -0.39 is 0 Å². The molecule has 0 saturated carbocycles. The monoisotopic (exact) mass is 220 g/mol. The number of rotatable bonds is 2. The topological polar surface area (TPSA) is 41.1 Å². The maximum atomic E-state index is 11.2. The minimum absolute atomic E-state index is 0.272. The van der Waals surface area contributed by atoms with Crippen LogP contribution in [0.5, 0.6) is 0 Å². The first-order valence-corrected chi connectivity index (χ1v) is 4.83. The fourth-order valence-electron chi connectivity index (χ4n) is 0.894. The molecule has 0 saturated heterocycles. The summed E-state index contributed by atoms with van der Waals surface area (Å²) >= 11 is 4.95. The third kappa shape index (κ3) is 3.91. The van der Waals surface area contributed by atoms with Gasteiger partial charge >= 0.3 is 0 Å². The third-order valence-corrected chi connectivity index (χ3v) is 1.85. The van der Waals surface area contributed by atoms with Gasteiger partial charge in [0.15, 0.2) is 5.11 Å². The SMILES string of the molecule is C=C(C)C(=O)NC(=S)Nc1ccccc1. The Morgan fingerprint density at radius 2 is 1.93 bits per heavy atom. The van der Waals surface area contributed by atoms with Crippen LogP contribution in [0.25, 0.3) is 0 Å². The highest BCUT2D eigenvalue weighted by Gasteiger charge is 2.04. The van der Waals surface area contributed by atoms with Gasteiger partial charge in [0.25, 0.3) is 5.91 Å². The van der Waals surface area contributed by atoms with Crippen molar-refractivity contribution in [2.75, 3.05) is 5.32 Å². The molecule has 1 aromatic carbocycles. The first kappa shape index (κ1) is 11.4. The van der Waals surface area contributed by atoms with Gasteiger partial charge in [-0.2, -0.15) is 0 Å². The summed E-state index contributed by atoms with van der Waals surface area (Å²) in [6.07, 6.45) is 0. The van der Waals surface area contributed by atoms with Gasteiger partial charge in [-0.25, -0.2) is 0 Å². The van der Waals surface area contributed by atoms with Crippen LogP contribution in [0, 0.1) is 0 Å². The van der Waals surface area contributed by atoms with Crippen LogP contribution in [0.2, 0.25) is 0 Å². The number of thiocarbonyl (C=S) groups is 1. The molecule has 0 fully saturated rings. The van der Waals surface area contributed by atoms with Crippen LogP contribution < -0.4 is 10.6 Å². The van der Waals surface area contributed by atoms with Gasteiger partial charge in [0, 0.05) is 11.3 Å². The summed E-state index contributed by atoms with van der Waals surface area (Å²) in [5.74, 6) is -0.275. The minimum atomic E-state index is -0.275. The lowest BCUT2D eigenvalue weighted by Crippen LogP contribution is -2.34. The highest BCUT2D eigenvalue weighted by molar-refractivity contribution is 7.80. The van der Waals surface area contributed by atoms with E-state index in [-0.39, 0.29) is 11.0 Å². The number of hydrogen-bond donors (Lipinski definition) is 2. The molecule has 78 valence electrons. The van der Waals surface area contributed by atoms with Crippen molar-refractivity contribution < 1.29 is 4.79 Å². The molecule has 1 aromatic rings. The molecular weight excluding hydrogens is 208 g/mol. The van der Waals surface area contributed by atoms with Crippen molar-refractivity contribution >= 4 is 28.9 Å². The summed E-state index contributed by atoms with van der Waals surface area (Å²) in [6.45, 7) is 5.14. The maximum absolute atomic E-state index is 11.2. The molecule has 3 nitrogen and oxygen atoms in total. The van der Waals surface area contributed by atoms with Gasteiger partial charge < -0.3 is 5.32 Å². The van der Waals surface area contributed by atoms with E-state index in [1.54, 1.807) is 6.92 Å². The zero-order valence-corrected chi connectivity index (χ0v) is 9.23. The Bertz CT molecular complexity index is 387. The lowest BCUT2D eigenvalue weighted by Gasteiger charge is -2.08. The Morgan fingerprint density at radius 1 is 1.33 bits per heavy atom. The number of benzene rings is 1. The highest BCUT2D eigenvalue weighted by Crippen LogP contribution is 2.04. The number of carbonyl (C=O) groups excluding carboxylic acids is 1. The molecule has 1 rings (SSSR count). The molecule has 0 aromatic heterocycles. The Morgan fingerprint density at radius 3 is 2.47 bits per heavy atom. The van der Waals surface area contributed by atoms with Gasteiger partial charge in [-0.05, 0) is 31.3 Å². The Balaban J connectivity index is 2.51. The molecule has 0 radical (unpaired) electrons. The van der Waals surface area contributed by atoms with Gasteiger partial charge in [-0.3, -0.25) is 10.1 Å². The third-order valence-electron chi connectivity index (χ3n) is 1.65. The van der Waals surface area contributed by atoms with Gasteiger partial charge in [0.05, 0.1) is 0 Å². The molecule has 4 heteroatoms. The molecule has 1 amide bonds. The van der Waals surface area contributed by atoms with E-state index in [0.29, 0.717) is 5.57 Å².